The highest BCUT2D eigenvalue weighted by Gasteiger charge is 2.48. The van der Waals surface area contributed by atoms with Crippen molar-refractivity contribution in [3.63, 3.8) is 0 Å². The Morgan fingerprint density at radius 2 is 1.65 bits per heavy atom. The number of amides is 2. The zero-order chi connectivity index (χ0) is 28.0. The lowest BCUT2D eigenvalue weighted by Gasteiger charge is -2.40. The number of para-hydroxylation sites is 1. The standard InChI is InChI=1S/C34H37N3O3/c1-5-23(3)30(34(39)36-18-20-40-21-19-36)37-32(25-10-6-7-11-26(25)33(37)38)29-27-12-8-9-13-28(27)35(4)31(29)24-16-14-22(2)15-17-24/h6-17,23,30,32H,5,18-21H2,1-4H3. The van der Waals surface area contributed by atoms with E-state index >= 15 is 0 Å². The van der Waals surface area contributed by atoms with Gasteiger partial charge in [-0.1, -0.05) is 86.5 Å². The number of hydrogen-bond acceptors (Lipinski definition) is 3. The minimum Gasteiger partial charge on any atom is -0.378 e. The molecule has 0 aliphatic carbocycles. The molecule has 0 radical (unpaired) electrons. The van der Waals surface area contributed by atoms with Crippen LogP contribution in [0, 0.1) is 12.8 Å². The molecular formula is C34H37N3O3. The van der Waals surface area contributed by atoms with Gasteiger partial charge in [0.25, 0.3) is 5.91 Å². The van der Waals surface area contributed by atoms with Crippen LogP contribution in [0.2, 0.25) is 0 Å². The summed E-state index contributed by atoms with van der Waals surface area (Å²) in [5, 5.41) is 1.10. The molecule has 0 saturated carbocycles. The van der Waals surface area contributed by atoms with Crippen LogP contribution in [0.5, 0.6) is 0 Å². The van der Waals surface area contributed by atoms with Gasteiger partial charge in [0.15, 0.2) is 0 Å². The Morgan fingerprint density at radius 3 is 2.38 bits per heavy atom. The molecule has 1 aromatic heterocycles. The summed E-state index contributed by atoms with van der Waals surface area (Å²) in [5.41, 5.74) is 7.17. The van der Waals surface area contributed by atoms with E-state index < -0.39 is 12.1 Å². The normalized spacial score (nSPS) is 18.7. The zero-order valence-electron chi connectivity index (χ0n) is 23.8. The molecular weight excluding hydrogens is 498 g/mol. The topological polar surface area (TPSA) is 54.8 Å². The molecule has 0 bridgehead atoms. The van der Waals surface area contributed by atoms with Crippen LogP contribution in [0.25, 0.3) is 22.2 Å². The summed E-state index contributed by atoms with van der Waals surface area (Å²) >= 11 is 0. The Bertz CT molecular complexity index is 1570. The molecule has 6 nitrogen and oxygen atoms in total. The van der Waals surface area contributed by atoms with Gasteiger partial charge in [-0.25, -0.2) is 0 Å². The quantitative estimate of drug-likeness (QED) is 0.306. The summed E-state index contributed by atoms with van der Waals surface area (Å²) in [5.74, 6) is -0.0786. The van der Waals surface area contributed by atoms with Gasteiger partial charge in [0.1, 0.15) is 6.04 Å². The number of benzene rings is 3. The number of carbonyl (C=O) groups is 2. The van der Waals surface area contributed by atoms with Gasteiger partial charge >= 0.3 is 0 Å². The average molecular weight is 536 g/mol. The maximum absolute atomic E-state index is 14.4. The van der Waals surface area contributed by atoms with E-state index in [0.29, 0.717) is 31.9 Å². The number of hydrogen-bond donors (Lipinski definition) is 0. The lowest BCUT2D eigenvalue weighted by Crippen LogP contribution is -2.55. The highest BCUT2D eigenvalue weighted by atomic mass is 16.5. The van der Waals surface area contributed by atoms with Crippen molar-refractivity contribution in [2.24, 2.45) is 13.0 Å². The number of nitrogens with zero attached hydrogens (tertiary/aromatic N) is 3. The van der Waals surface area contributed by atoms with Crippen LogP contribution >= 0.6 is 0 Å². The van der Waals surface area contributed by atoms with Gasteiger partial charge in [-0.15, -0.1) is 0 Å². The molecule has 6 heteroatoms. The third-order valence-electron chi connectivity index (χ3n) is 8.80. The molecule has 6 rings (SSSR count). The second-order valence-corrected chi connectivity index (χ2v) is 11.2. The number of rotatable bonds is 6. The monoisotopic (exact) mass is 535 g/mol. The van der Waals surface area contributed by atoms with Crippen molar-refractivity contribution >= 4 is 22.7 Å². The Hall–Kier alpha value is -3.90. The van der Waals surface area contributed by atoms with Crippen LogP contribution in [0.15, 0.2) is 72.8 Å². The number of fused-ring (bicyclic) bond motifs is 2. The van der Waals surface area contributed by atoms with Crippen molar-refractivity contribution < 1.29 is 14.3 Å². The molecule has 4 aromatic rings. The SMILES string of the molecule is CCC(C)C(C(=O)N1CCOCC1)N1C(=O)c2ccccc2C1c1c(-c2ccc(C)cc2)n(C)c2ccccc12. The lowest BCUT2D eigenvalue weighted by molar-refractivity contribution is -0.142. The van der Waals surface area contributed by atoms with E-state index in [2.05, 4.69) is 87.0 Å². The van der Waals surface area contributed by atoms with Crippen molar-refractivity contribution in [1.29, 1.82) is 0 Å². The van der Waals surface area contributed by atoms with E-state index in [9.17, 15) is 9.59 Å². The smallest absolute Gasteiger partial charge is 0.255 e. The van der Waals surface area contributed by atoms with E-state index in [0.717, 1.165) is 39.7 Å². The summed E-state index contributed by atoms with van der Waals surface area (Å²) < 4.78 is 7.79. The molecule has 1 saturated heterocycles. The second-order valence-electron chi connectivity index (χ2n) is 11.2. The Kier molecular flexibility index (Phi) is 6.97. The molecule has 2 amide bonds. The van der Waals surface area contributed by atoms with E-state index in [1.807, 2.05) is 28.0 Å². The molecule has 3 atom stereocenters. The van der Waals surface area contributed by atoms with Crippen LogP contribution in [0.4, 0.5) is 0 Å². The van der Waals surface area contributed by atoms with Crippen LogP contribution in [0.3, 0.4) is 0 Å². The maximum Gasteiger partial charge on any atom is 0.255 e. The number of carbonyl (C=O) groups excluding carboxylic acids is 2. The van der Waals surface area contributed by atoms with Crippen molar-refractivity contribution in [2.75, 3.05) is 26.3 Å². The fraction of sp³-hybridized carbons (Fsp3) is 0.353. The van der Waals surface area contributed by atoms with Crippen molar-refractivity contribution in [3.05, 3.63) is 95.1 Å². The van der Waals surface area contributed by atoms with Crippen LogP contribution in [-0.2, 0) is 16.6 Å². The highest BCUT2D eigenvalue weighted by molar-refractivity contribution is 6.04. The molecule has 0 N–H and O–H groups in total. The summed E-state index contributed by atoms with van der Waals surface area (Å²) in [6.07, 6.45) is 0.786. The summed E-state index contributed by atoms with van der Waals surface area (Å²) in [4.78, 5) is 32.5. The zero-order valence-corrected chi connectivity index (χ0v) is 23.8. The summed E-state index contributed by atoms with van der Waals surface area (Å²) in [6.45, 7) is 8.44. The number of aromatic nitrogens is 1. The van der Waals surface area contributed by atoms with Gasteiger partial charge in [0.05, 0.1) is 24.9 Å². The summed E-state index contributed by atoms with van der Waals surface area (Å²) in [6, 6.07) is 23.9. The first-order chi connectivity index (χ1) is 19.4. The molecule has 0 spiro atoms. The number of morpholine rings is 1. The van der Waals surface area contributed by atoms with E-state index in [1.165, 1.54) is 5.56 Å². The Labute approximate surface area is 236 Å². The van der Waals surface area contributed by atoms with Gasteiger partial charge in [0, 0.05) is 42.2 Å². The molecule has 2 aliphatic rings. The molecule has 3 unspecified atom stereocenters. The molecule has 1 fully saturated rings. The van der Waals surface area contributed by atoms with Gasteiger partial charge in [0.2, 0.25) is 5.91 Å². The Morgan fingerprint density at radius 1 is 0.975 bits per heavy atom. The Balaban J connectivity index is 1.61. The van der Waals surface area contributed by atoms with Crippen molar-refractivity contribution in [3.8, 4) is 11.3 Å². The fourth-order valence-corrected chi connectivity index (χ4v) is 6.51. The van der Waals surface area contributed by atoms with E-state index in [1.54, 1.807) is 0 Å². The van der Waals surface area contributed by atoms with E-state index in [4.69, 9.17) is 4.74 Å². The maximum atomic E-state index is 14.4. The molecule has 40 heavy (non-hydrogen) atoms. The minimum absolute atomic E-state index is 0.0147. The van der Waals surface area contributed by atoms with Gasteiger partial charge in [-0.3, -0.25) is 9.59 Å². The first kappa shape index (κ1) is 26.3. The highest BCUT2D eigenvalue weighted by Crippen LogP contribution is 2.48. The van der Waals surface area contributed by atoms with Gasteiger partial charge in [-0.05, 0) is 36.1 Å². The average Bonchev–Trinajstić information content (AvgIpc) is 3.44. The van der Waals surface area contributed by atoms with Crippen molar-refractivity contribution in [2.45, 2.75) is 39.3 Å². The molecule has 3 aromatic carbocycles. The first-order valence-electron chi connectivity index (χ1n) is 14.3. The van der Waals surface area contributed by atoms with Gasteiger partial charge < -0.3 is 19.1 Å². The largest absolute Gasteiger partial charge is 0.378 e. The number of ether oxygens (including phenoxy) is 1. The van der Waals surface area contributed by atoms with Crippen LogP contribution in [0.1, 0.15) is 53.4 Å². The first-order valence-corrected chi connectivity index (χ1v) is 14.3. The molecule has 206 valence electrons. The van der Waals surface area contributed by atoms with Crippen LogP contribution < -0.4 is 0 Å². The molecule has 2 aliphatic heterocycles. The predicted molar refractivity (Wildman–Crippen MR) is 158 cm³/mol. The fourth-order valence-electron chi connectivity index (χ4n) is 6.51. The summed E-state index contributed by atoms with van der Waals surface area (Å²) in [7, 11) is 2.10. The minimum atomic E-state index is -0.585. The lowest BCUT2D eigenvalue weighted by atomic mass is 9.90. The number of aryl methyl sites for hydroxylation is 2. The second kappa shape index (κ2) is 10.6. The predicted octanol–water partition coefficient (Wildman–Crippen LogP) is 5.97. The third kappa shape index (κ3) is 4.22. The van der Waals surface area contributed by atoms with Crippen molar-refractivity contribution in [1.82, 2.24) is 14.4 Å². The third-order valence-corrected chi connectivity index (χ3v) is 8.80. The van der Waals surface area contributed by atoms with Crippen LogP contribution in [-0.4, -0.2) is 58.5 Å². The van der Waals surface area contributed by atoms with E-state index in [-0.39, 0.29) is 17.7 Å². The van der Waals surface area contributed by atoms with Gasteiger partial charge in [-0.2, -0.15) is 0 Å². The molecule has 3 heterocycles.